The molecule has 0 amide bonds. The van der Waals surface area contributed by atoms with Crippen LogP contribution in [0.4, 0.5) is 4.79 Å². The average Bonchev–Trinajstić information content (AvgIpc) is 1.38. The number of carboxylic acid groups (broad SMARTS) is 1. The molecule has 0 aliphatic rings. The topological polar surface area (TPSA) is 85.9 Å². The molecule has 0 saturated heterocycles. The summed E-state index contributed by atoms with van der Waals surface area (Å²) in [4.78, 5) is 9.08. The van der Waals surface area contributed by atoms with Gasteiger partial charge in [-0.1, -0.05) is 0 Å². The molecule has 0 aromatic heterocycles. The van der Waals surface area contributed by atoms with E-state index in [9.17, 15) is 0 Å². The second-order valence-corrected chi connectivity index (χ2v) is 1.20. The van der Waals surface area contributed by atoms with Crippen molar-refractivity contribution in [3.8, 4) is 0 Å². The Morgan fingerprint density at radius 2 is 2.00 bits per heavy atom. The molecule has 0 radical (unpaired) electrons. The molecular weight excluding hydrogens is 312 g/mol. The smallest absolute Gasteiger partial charge is 0.369 e. The Morgan fingerprint density at radius 1 is 1.83 bits per heavy atom. The van der Waals surface area contributed by atoms with Gasteiger partial charge in [-0.3, -0.25) is 0 Å². The summed E-state index contributed by atoms with van der Waals surface area (Å²) in [5.74, 6) is 0. The van der Waals surface area contributed by atoms with Crippen LogP contribution in [0.1, 0.15) is 0 Å². The number of hydrogen-bond acceptors (Lipinski definition) is 3. The first-order valence-corrected chi connectivity index (χ1v) is 2.52. The molecule has 0 rings (SSSR count). The number of quaternary nitrogens is 1. The van der Waals surface area contributed by atoms with Crippen molar-refractivity contribution < 1.29 is 42.1 Å². The van der Waals surface area contributed by atoms with Crippen LogP contribution in [0.3, 0.4) is 0 Å². The zero-order valence-electron chi connectivity index (χ0n) is 3.22. The zero-order chi connectivity index (χ0) is 4.28. The molecule has 6 heavy (non-hydrogen) atoms. The molecular formula is CH4NO3U. The van der Waals surface area contributed by atoms with E-state index in [1.807, 2.05) is 0 Å². The Labute approximate surface area is 54.4 Å². The molecule has 0 aromatic rings. The molecule has 0 atom stereocenters. The monoisotopic (exact) mass is 316 g/mol. The van der Waals surface area contributed by atoms with Crippen LogP contribution in [0.2, 0.25) is 0 Å². The first-order chi connectivity index (χ1) is 2.27. The van der Waals surface area contributed by atoms with Gasteiger partial charge in [0.1, 0.15) is 0 Å². The second kappa shape index (κ2) is 5.28. The maximum absolute atomic E-state index is 9.08. The van der Waals surface area contributed by atoms with Crippen LogP contribution in [-0.4, -0.2) is 6.16 Å². The Kier molecular flexibility index (Phi) is 8.41. The molecule has 0 unspecified atom stereocenters. The van der Waals surface area contributed by atoms with Gasteiger partial charge in [0.05, 0.1) is 0 Å². The van der Waals surface area contributed by atoms with Gasteiger partial charge in [-0.25, -0.2) is 0 Å². The van der Waals surface area contributed by atoms with E-state index in [1.165, 1.54) is 0 Å². The molecule has 35 valence electrons. The molecule has 0 aliphatic carbocycles. The Bertz CT molecular complexity index is 46.1. The van der Waals surface area contributed by atoms with E-state index in [2.05, 4.69) is 2.24 Å². The van der Waals surface area contributed by atoms with Gasteiger partial charge in [-0.15, -0.1) is 0 Å². The standard InChI is InChI=1S/CH2O3.H3N.U/c2-1(3)4;;/h(H2,2,3,4);1H3;/q;;+1/p-1. The number of carbonyl (C=O) groups excluding carboxylic acids is 1. The van der Waals surface area contributed by atoms with Crippen molar-refractivity contribution in [1.82, 2.24) is 6.15 Å². The fraction of sp³-hybridized carbons (Fsp3) is 0. The molecule has 0 aromatic carbocycles. The molecule has 0 bridgehead atoms. The minimum absolute atomic E-state index is 0. The molecule has 0 spiro atoms. The van der Waals surface area contributed by atoms with Gasteiger partial charge in [0.15, 0.2) is 0 Å². The largest absolute Gasteiger partial charge is 0.369 e. The summed E-state index contributed by atoms with van der Waals surface area (Å²) in [7, 11) is 0. The normalized spacial score (nSPS) is 5.67. The van der Waals surface area contributed by atoms with Crippen LogP contribution in [0.25, 0.3) is 0 Å². The SMILES string of the molecule is O=C([O-])[O][U].[NH4+]. The predicted molar refractivity (Wildman–Crippen MR) is 12.5 cm³/mol. The van der Waals surface area contributed by atoms with Gasteiger partial charge >= 0.3 is 48.2 Å². The summed E-state index contributed by atoms with van der Waals surface area (Å²) >= 11 is 0.0362. The molecule has 5 heteroatoms. The summed E-state index contributed by atoms with van der Waals surface area (Å²) < 4.78 is 3.72. The van der Waals surface area contributed by atoms with Crippen LogP contribution < -0.4 is 11.3 Å². The third-order valence-electron chi connectivity index (χ3n) is 0.0833. The predicted octanol–water partition coefficient (Wildman–Crippen LogP) is -0.813. The van der Waals surface area contributed by atoms with Gasteiger partial charge in [-0.05, 0) is 0 Å². The Morgan fingerprint density at radius 3 is 2.00 bits per heavy atom. The van der Waals surface area contributed by atoms with Crippen LogP contribution in [-0.2, 0) is 2.24 Å². The van der Waals surface area contributed by atoms with E-state index >= 15 is 0 Å². The first kappa shape index (κ1) is 9.56. The summed E-state index contributed by atoms with van der Waals surface area (Å²) in [6, 6.07) is 0. The number of carbonyl (C=O) groups is 1. The number of hydrogen-bond donors (Lipinski definition) is 1. The van der Waals surface area contributed by atoms with Crippen molar-refractivity contribution in [1.29, 1.82) is 0 Å². The Balaban J connectivity index is 0. The van der Waals surface area contributed by atoms with Crippen LogP contribution in [0.5, 0.6) is 0 Å². The maximum atomic E-state index is 9.08. The van der Waals surface area contributed by atoms with Gasteiger partial charge in [0, 0.05) is 0 Å². The zero-order valence-corrected chi connectivity index (χ0v) is 7.39. The first-order valence-electron chi connectivity index (χ1n) is 0.816. The van der Waals surface area contributed by atoms with Gasteiger partial charge < -0.3 is 6.15 Å². The fourth-order valence-electron chi connectivity index (χ4n) is 0. The van der Waals surface area contributed by atoms with Crippen molar-refractivity contribution in [3.63, 3.8) is 0 Å². The second-order valence-electron chi connectivity index (χ2n) is 0.352. The van der Waals surface area contributed by atoms with Gasteiger partial charge in [0.25, 0.3) is 0 Å². The van der Waals surface area contributed by atoms with E-state index in [-0.39, 0.29) is 36.1 Å². The minimum atomic E-state index is -1.42. The quantitative estimate of drug-likeness (QED) is 0.634. The van der Waals surface area contributed by atoms with E-state index in [0.717, 1.165) is 0 Å². The van der Waals surface area contributed by atoms with Gasteiger partial charge in [-0.2, -0.15) is 0 Å². The van der Waals surface area contributed by atoms with Crippen molar-refractivity contribution >= 4 is 6.16 Å². The molecule has 0 heterocycles. The summed E-state index contributed by atoms with van der Waals surface area (Å²) in [5.41, 5.74) is 0. The fourth-order valence-corrected chi connectivity index (χ4v) is 0. The molecule has 4 nitrogen and oxygen atoms in total. The van der Waals surface area contributed by atoms with Crippen molar-refractivity contribution in [2.75, 3.05) is 0 Å². The molecule has 4 N–H and O–H groups in total. The van der Waals surface area contributed by atoms with E-state index in [0.29, 0.717) is 0 Å². The third-order valence-corrected chi connectivity index (χ3v) is 0.777. The average molecular weight is 316 g/mol. The van der Waals surface area contributed by atoms with Crippen LogP contribution >= 0.6 is 0 Å². The van der Waals surface area contributed by atoms with Gasteiger partial charge in [0.2, 0.25) is 0 Å². The summed E-state index contributed by atoms with van der Waals surface area (Å²) in [5, 5.41) is 9.08. The van der Waals surface area contributed by atoms with Crippen molar-refractivity contribution in [2.45, 2.75) is 0 Å². The van der Waals surface area contributed by atoms with E-state index in [1.54, 1.807) is 0 Å². The summed E-state index contributed by atoms with van der Waals surface area (Å²) in [6.45, 7) is 0. The van der Waals surface area contributed by atoms with Crippen molar-refractivity contribution in [2.24, 2.45) is 0 Å². The molecule has 0 fully saturated rings. The van der Waals surface area contributed by atoms with E-state index < -0.39 is 6.16 Å². The number of rotatable bonds is 0. The third kappa shape index (κ3) is 8.86. The maximum Gasteiger partial charge on any atom is -0.369 e. The molecule has 0 saturated carbocycles. The van der Waals surface area contributed by atoms with Crippen LogP contribution in [0.15, 0.2) is 0 Å². The summed E-state index contributed by atoms with van der Waals surface area (Å²) in [6.07, 6.45) is -1.42. The molecule has 0 aliphatic heterocycles. The van der Waals surface area contributed by atoms with Crippen molar-refractivity contribution in [3.05, 3.63) is 0 Å². The Hall–Kier alpha value is 0.282. The minimum Gasteiger partial charge on any atom is -0.369 e. The van der Waals surface area contributed by atoms with E-state index in [4.69, 9.17) is 9.90 Å². The van der Waals surface area contributed by atoms with Crippen LogP contribution in [0, 0.1) is 29.9 Å².